The first kappa shape index (κ1) is 18.2. The number of carbonyl (C=O) groups is 1. The molecule has 4 heteroatoms. The molecule has 1 N–H and O–H groups in total. The molecule has 1 saturated carbocycles. The molecule has 4 nitrogen and oxygen atoms in total. The Morgan fingerprint density at radius 3 is 2.62 bits per heavy atom. The van der Waals surface area contributed by atoms with E-state index in [1.54, 1.807) is 6.20 Å². The summed E-state index contributed by atoms with van der Waals surface area (Å²) in [6, 6.07) is 17.9. The van der Waals surface area contributed by atoms with Gasteiger partial charge in [-0.3, -0.25) is 9.78 Å². The predicted octanol–water partition coefficient (Wildman–Crippen LogP) is 5.50. The average Bonchev–Trinajstić information content (AvgIpc) is 2.79. The zero-order valence-electron chi connectivity index (χ0n) is 16.7. The molecule has 0 unspecified atom stereocenters. The van der Waals surface area contributed by atoms with Crippen LogP contribution in [-0.4, -0.2) is 24.0 Å². The molecule has 2 aromatic carbocycles. The minimum Gasteiger partial charge on any atom is -0.371 e. The molecule has 148 valence electrons. The monoisotopic (exact) mass is 385 g/mol. The van der Waals surface area contributed by atoms with Gasteiger partial charge in [-0.15, -0.1) is 0 Å². The molecule has 1 saturated heterocycles. The molecular weight excluding hydrogens is 358 g/mol. The number of hydrogen-bond acceptors (Lipinski definition) is 3. The van der Waals surface area contributed by atoms with Crippen molar-refractivity contribution in [2.24, 2.45) is 11.8 Å². The number of pyridine rings is 1. The van der Waals surface area contributed by atoms with Crippen molar-refractivity contribution in [2.45, 2.75) is 32.1 Å². The Morgan fingerprint density at radius 2 is 1.76 bits per heavy atom. The molecule has 0 radical (unpaired) electrons. The fourth-order valence-electron chi connectivity index (χ4n) is 5.00. The van der Waals surface area contributed by atoms with Gasteiger partial charge in [-0.05, 0) is 61.1 Å². The van der Waals surface area contributed by atoms with E-state index in [0.29, 0.717) is 5.56 Å². The zero-order valence-corrected chi connectivity index (χ0v) is 16.7. The topological polar surface area (TPSA) is 45.2 Å². The lowest BCUT2D eigenvalue weighted by Gasteiger charge is -2.42. The normalized spacial score (nSPS) is 21.6. The second-order valence-electron chi connectivity index (χ2n) is 8.46. The lowest BCUT2D eigenvalue weighted by Crippen LogP contribution is -2.41. The molecule has 0 bridgehead atoms. The summed E-state index contributed by atoms with van der Waals surface area (Å²) in [6.45, 7) is 2.30. The fourth-order valence-corrected chi connectivity index (χ4v) is 5.00. The summed E-state index contributed by atoms with van der Waals surface area (Å²) in [5, 5.41) is 3.99. The Morgan fingerprint density at radius 1 is 0.966 bits per heavy atom. The van der Waals surface area contributed by atoms with Crippen molar-refractivity contribution in [3.8, 4) is 0 Å². The fraction of sp³-hybridized carbons (Fsp3) is 0.360. The van der Waals surface area contributed by atoms with E-state index in [2.05, 4.69) is 27.3 Å². The first-order chi connectivity index (χ1) is 14.3. The number of piperidine rings is 1. The highest BCUT2D eigenvalue weighted by atomic mass is 16.1. The first-order valence-corrected chi connectivity index (χ1v) is 10.8. The molecule has 3 aromatic rings. The highest BCUT2D eigenvalue weighted by molar-refractivity contribution is 6.05. The van der Waals surface area contributed by atoms with Crippen molar-refractivity contribution in [1.82, 2.24) is 4.98 Å². The van der Waals surface area contributed by atoms with E-state index in [0.717, 1.165) is 35.0 Å². The van der Waals surface area contributed by atoms with E-state index in [9.17, 15) is 4.79 Å². The molecule has 1 amide bonds. The molecule has 2 atom stereocenters. The lowest BCUT2D eigenvalue weighted by molar-refractivity contribution is 0.102. The quantitative estimate of drug-likeness (QED) is 0.647. The minimum atomic E-state index is -0.0976. The highest BCUT2D eigenvalue weighted by Crippen LogP contribution is 2.37. The Kier molecular flexibility index (Phi) is 4.92. The number of nitrogens with one attached hydrogen (secondary N) is 1. The van der Waals surface area contributed by atoms with Gasteiger partial charge in [0.25, 0.3) is 5.91 Å². The number of aromatic nitrogens is 1. The van der Waals surface area contributed by atoms with Crippen LogP contribution in [0.3, 0.4) is 0 Å². The second-order valence-corrected chi connectivity index (χ2v) is 8.46. The summed E-state index contributed by atoms with van der Waals surface area (Å²) in [5.41, 5.74) is 3.56. The number of amides is 1. The summed E-state index contributed by atoms with van der Waals surface area (Å²) in [4.78, 5) is 19.6. The van der Waals surface area contributed by atoms with Crippen LogP contribution in [0.2, 0.25) is 0 Å². The average molecular weight is 386 g/mol. The minimum absolute atomic E-state index is 0.0976. The molecule has 29 heavy (non-hydrogen) atoms. The van der Waals surface area contributed by atoms with Crippen LogP contribution in [0.5, 0.6) is 0 Å². The lowest BCUT2D eigenvalue weighted by atomic mass is 9.75. The number of hydrogen-bond donors (Lipinski definition) is 1. The van der Waals surface area contributed by atoms with E-state index < -0.39 is 0 Å². The van der Waals surface area contributed by atoms with E-state index in [1.807, 2.05) is 42.5 Å². The van der Waals surface area contributed by atoms with E-state index in [-0.39, 0.29) is 5.91 Å². The SMILES string of the molecule is O=C(Nc1cnc2ccccc2c1)c1ccc(N2CC[C@H]3CCCC[C@H]3C2)cc1. The standard InChI is InChI=1S/C25H27N3O/c29-25(27-22-15-20-6-3-4-8-24(20)26-16-22)19-9-11-23(12-10-19)28-14-13-18-5-1-2-7-21(18)17-28/h3-4,6,8-12,15-16,18,21H,1-2,5,7,13-14,17H2,(H,27,29)/t18-,21+/m1/s1. The maximum absolute atomic E-state index is 12.7. The summed E-state index contributed by atoms with van der Waals surface area (Å²) in [5.74, 6) is 1.68. The highest BCUT2D eigenvalue weighted by Gasteiger charge is 2.31. The smallest absolute Gasteiger partial charge is 0.255 e. The number of anilines is 2. The molecule has 5 rings (SSSR count). The van der Waals surface area contributed by atoms with Crippen molar-refractivity contribution in [3.63, 3.8) is 0 Å². The number of para-hydroxylation sites is 1. The van der Waals surface area contributed by atoms with E-state index in [4.69, 9.17) is 0 Å². The van der Waals surface area contributed by atoms with Crippen molar-refractivity contribution in [3.05, 3.63) is 66.4 Å². The van der Waals surface area contributed by atoms with Crippen LogP contribution in [0.15, 0.2) is 60.8 Å². The van der Waals surface area contributed by atoms with Gasteiger partial charge in [0, 0.05) is 29.7 Å². The first-order valence-electron chi connectivity index (χ1n) is 10.8. The molecule has 0 spiro atoms. The molecule has 1 aliphatic heterocycles. The van der Waals surface area contributed by atoms with Crippen LogP contribution in [0.4, 0.5) is 11.4 Å². The number of carbonyl (C=O) groups excluding carboxylic acids is 1. The van der Waals surface area contributed by atoms with Crippen molar-refractivity contribution < 1.29 is 4.79 Å². The van der Waals surface area contributed by atoms with Gasteiger partial charge in [-0.2, -0.15) is 0 Å². The Balaban J connectivity index is 1.26. The molecule has 2 heterocycles. The summed E-state index contributed by atoms with van der Waals surface area (Å²) in [6.07, 6.45) is 8.61. The van der Waals surface area contributed by atoms with Crippen LogP contribution >= 0.6 is 0 Å². The third-order valence-corrected chi connectivity index (χ3v) is 6.63. The zero-order chi connectivity index (χ0) is 19.6. The Bertz CT molecular complexity index is 1010. The molecule has 2 fully saturated rings. The van der Waals surface area contributed by atoms with Crippen molar-refractivity contribution in [1.29, 1.82) is 0 Å². The van der Waals surface area contributed by atoms with E-state index >= 15 is 0 Å². The van der Waals surface area contributed by atoms with Crippen LogP contribution in [-0.2, 0) is 0 Å². The third kappa shape index (κ3) is 3.84. The molecular formula is C25H27N3O. The summed E-state index contributed by atoms with van der Waals surface area (Å²) in [7, 11) is 0. The Labute approximate surface area is 171 Å². The van der Waals surface area contributed by atoms with Gasteiger partial charge in [0.2, 0.25) is 0 Å². The van der Waals surface area contributed by atoms with Crippen molar-refractivity contribution in [2.75, 3.05) is 23.3 Å². The van der Waals surface area contributed by atoms with Gasteiger partial charge in [-0.1, -0.05) is 37.5 Å². The number of rotatable bonds is 3. The van der Waals surface area contributed by atoms with Crippen LogP contribution in [0, 0.1) is 11.8 Å². The maximum Gasteiger partial charge on any atom is 0.255 e. The van der Waals surface area contributed by atoms with Gasteiger partial charge in [0.05, 0.1) is 17.4 Å². The maximum atomic E-state index is 12.7. The number of fused-ring (bicyclic) bond motifs is 2. The van der Waals surface area contributed by atoms with Gasteiger partial charge in [0.1, 0.15) is 0 Å². The number of benzene rings is 2. The molecule has 2 aliphatic rings. The van der Waals surface area contributed by atoms with E-state index in [1.165, 1.54) is 44.3 Å². The Hall–Kier alpha value is -2.88. The molecule has 1 aromatic heterocycles. The molecule has 1 aliphatic carbocycles. The van der Waals surface area contributed by atoms with Gasteiger partial charge < -0.3 is 10.2 Å². The third-order valence-electron chi connectivity index (χ3n) is 6.63. The van der Waals surface area contributed by atoms with Crippen molar-refractivity contribution >= 4 is 28.2 Å². The van der Waals surface area contributed by atoms with Crippen LogP contribution in [0.25, 0.3) is 10.9 Å². The summed E-state index contributed by atoms with van der Waals surface area (Å²) < 4.78 is 0. The second kappa shape index (κ2) is 7.86. The van der Waals surface area contributed by atoms with Gasteiger partial charge in [-0.25, -0.2) is 0 Å². The predicted molar refractivity (Wildman–Crippen MR) is 118 cm³/mol. The largest absolute Gasteiger partial charge is 0.371 e. The van der Waals surface area contributed by atoms with Gasteiger partial charge in [0.15, 0.2) is 0 Å². The van der Waals surface area contributed by atoms with Gasteiger partial charge >= 0.3 is 0 Å². The van der Waals surface area contributed by atoms with Crippen LogP contribution < -0.4 is 10.2 Å². The van der Waals surface area contributed by atoms with Crippen LogP contribution in [0.1, 0.15) is 42.5 Å². The summed E-state index contributed by atoms with van der Waals surface area (Å²) >= 11 is 0. The number of nitrogens with zero attached hydrogens (tertiary/aromatic N) is 2.